The molecule has 9 heteroatoms. The van der Waals surface area contributed by atoms with Gasteiger partial charge in [-0.3, -0.25) is 24.1 Å². The van der Waals surface area contributed by atoms with Crippen molar-refractivity contribution in [2.75, 3.05) is 13.6 Å². The van der Waals surface area contributed by atoms with E-state index in [2.05, 4.69) is 0 Å². The molecule has 0 bridgehead atoms. The second kappa shape index (κ2) is 7.15. The third-order valence-electron chi connectivity index (χ3n) is 6.91. The number of hydrogen-bond acceptors (Lipinski definition) is 4. The molecule has 0 spiro atoms. The van der Waals surface area contributed by atoms with Gasteiger partial charge in [0.15, 0.2) is 0 Å². The number of carbonyl (C=O) groups excluding carboxylic acids is 4. The summed E-state index contributed by atoms with van der Waals surface area (Å²) >= 11 is 5.84. The minimum Gasteiger partial charge on any atom is -0.337 e. The number of likely N-dealkylation sites (N-methyl/N-ethyl adjacent to an activating group) is 1. The number of carbonyl (C=O) groups is 4. The Balaban J connectivity index is 1.48. The monoisotopic (exact) mass is 445 g/mol. The van der Waals surface area contributed by atoms with Crippen LogP contribution in [0.15, 0.2) is 29.5 Å². The Labute approximate surface area is 183 Å². The number of rotatable bonds is 3. The van der Waals surface area contributed by atoms with Crippen molar-refractivity contribution in [3.05, 3.63) is 45.9 Å². The molecular formula is C22H21ClFN3O4. The van der Waals surface area contributed by atoms with E-state index in [-0.39, 0.29) is 29.1 Å². The molecular weight excluding hydrogens is 425 g/mol. The summed E-state index contributed by atoms with van der Waals surface area (Å²) in [5.41, 5.74) is 1.28. The zero-order valence-corrected chi connectivity index (χ0v) is 17.7. The first-order chi connectivity index (χ1) is 14.8. The molecule has 2 unspecified atom stereocenters. The Hall–Kier alpha value is -2.74. The van der Waals surface area contributed by atoms with E-state index in [0.717, 1.165) is 19.3 Å². The van der Waals surface area contributed by atoms with Crippen LogP contribution in [0.25, 0.3) is 0 Å². The summed E-state index contributed by atoms with van der Waals surface area (Å²) in [6, 6.07) is 4.18. The molecule has 3 heterocycles. The topological polar surface area (TPSA) is 78.0 Å². The molecule has 3 fully saturated rings. The highest BCUT2D eigenvalue weighted by atomic mass is 35.5. The maximum absolute atomic E-state index is 13.4. The fourth-order valence-electron chi connectivity index (χ4n) is 5.10. The van der Waals surface area contributed by atoms with Crippen LogP contribution >= 0.6 is 11.6 Å². The lowest BCUT2D eigenvalue weighted by atomic mass is 9.79. The Bertz CT molecular complexity index is 1070. The molecule has 5 rings (SSSR count). The summed E-state index contributed by atoms with van der Waals surface area (Å²) in [7, 11) is 1.65. The Kier molecular flexibility index (Phi) is 4.66. The summed E-state index contributed by atoms with van der Waals surface area (Å²) in [6.45, 7) is 0.436. The normalized spacial score (nSPS) is 26.5. The predicted octanol–water partition coefficient (Wildman–Crippen LogP) is 2.09. The number of benzene rings is 1. The van der Waals surface area contributed by atoms with Crippen LogP contribution in [0.2, 0.25) is 5.02 Å². The molecule has 162 valence electrons. The third kappa shape index (κ3) is 2.91. The van der Waals surface area contributed by atoms with E-state index >= 15 is 0 Å². The van der Waals surface area contributed by atoms with Crippen LogP contribution in [-0.2, 0) is 25.7 Å². The van der Waals surface area contributed by atoms with Crippen LogP contribution in [0.3, 0.4) is 0 Å². The predicted molar refractivity (Wildman–Crippen MR) is 108 cm³/mol. The number of likely N-dealkylation sites (tertiary alicyclic amines) is 1. The van der Waals surface area contributed by atoms with Crippen molar-refractivity contribution < 1.29 is 23.6 Å². The van der Waals surface area contributed by atoms with Gasteiger partial charge in [-0.1, -0.05) is 24.1 Å². The second-order valence-corrected chi connectivity index (χ2v) is 9.03. The Morgan fingerprint density at radius 2 is 1.87 bits per heavy atom. The van der Waals surface area contributed by atoms with Crippen LogP contribution in [0.4, 0.5) is 4.39 Å². The van der Waals surface area contributed by atoms with Gasteiger partial charge in [0.05, 0.1) is 5.02 Å². The summed E-state index contributed by atoms with van der Waals surface area (Å²) in [5.74, 6) is -4.03. The summed E-state index contributed by atoms with van der Waals surface area (Å²) in [6.07, 6.45) is 2.72. The van der Waals surface area contributed by atoms with Crippen molar-refractivity contribution in [3.63, 3.8) is 0 Å². The number of nitrogens with zero attached hydrogens (tertiary/aromatic N) is 3. The molecule has 0 aromatic heterocycles. The van der Waals surface area contributed by atoms with Crippen LogP contribution in [-0.4, -0.2) is 58.0 Å². The molecule has 3 amide bonds. The van der Waals surface area contributed by atoms with Gasteiger partial charge in [0.1, 0.15) is 23.6 Å². The summed E-state index contributed by atoms with van der Waals surface area (Å²) in [5, 5.41) is -0.0500. The van der Waals surface area contributed by atoms with Gasteiger partial charge in [0.25, 0.3) is 11.8 Å². The first-order valence-corrected chi connectivity index (χ1v) is 10.8. The van der Waals surface area contributed by atoms with E-state index in [1.807, 2.05) is 0 Å². The van der Waals surface area contributed by atoms with Crippen LogP contribution in [0, 0.1) is 17.7 Å². The van der Waals surface area contributed by atoms with Crippen LogP contribution in [0.1, 0.15) is 31.2 Å². The van der Waals surface area contributed by atoms with Crippen molar-refractivity contribution in [2.45, 2.75) is 38.4 Å². The lowest BCUT2D eigenvalue weighted by molar-refractivity contribution is -0.154. The van der Waals surface area contributed by atoms with Crippen LogP contribution in [0.5, 0.6) is 0 Å². The van der Waals surface area contributed by atoms with Gasteiger partial charge in [0.2, 0.25) is 11.7 Å². The quantitative estimate of drug-likeness (QED) is 0.527. The summed E-state index contributed by atoms with van der Waals surface area (Å²) in [4.78, 5) is 56.6. The number of ketones is 1. The van der Waals surface area contributed by atoms with E-state index in [1.54, 1.807) is 7.05 Å². The number of fused-ring (bicyclic) bond motifs is 2. The standard InChI is InChI=1S/C22H21ClFN3O4/c1-25-19(12-3-2-4-12)27-17(21(25)30)13-7-8-26(20(29)16(13)18(28)22(27)31)10-11-5-6-15(24)14(23)9-11/h5-6,9,12,16,19H,2-4,7-8,10H2,1H3. The second-order valence-electron chi connectivity index (χ2n) is 8.63. The molecule has 0 radical (unpaired) electrons. The molecule has 4 aliphatic rings. The van der Waals surface area contributed by atoms with Crippen molar-refractivity contribution in [1.82, 2.24) is 14.7 Å². The SMILES string of the molecule is CN1C(=O)C2=C3CCN(Cc4ccc(F)c(Cl)c4)C(=O)C3C(=O)C(=O)N2C1C1CCC1. The van der Waals surface area contributed by atoms with Gasteiger partial charge in [-0.2, -0.15) is 0 Å². The van der Waals surface area contributed by atoms with Gasteiger partial charge in [-0.05, 0) is 48.4 Å². The molecule has 2 atom stereocenters. The first-order valence-electron chi connectivity index (χ1n) is 10.4. The van der Waals surface area contributed by atoms with Gasteiger partial charge >= 0.3 is 0 Å². The van der Waals surface area contributed by atoms with E-state index in [1.165, 1.54) is 32.9 Å². The van der Waals surface area contributed by atoms with Crippen molar-refractivity contribution in [1.29, 1.82) is 0 Å². The minimum atomic E-state index is -1.26. The highest BCUT2D eigenvalue weighted by Crippen LogP contribution is 2.44. The number of hydrogen-bond donors (Lipinski definition) is 0. The third-order valence-corrected chi connectivity index (χ3v) is 7.20. The van der Waals surface area contributed by atoms with Gasteiger partial charge in [-0.15, -0.1) is 0 Å². The van der Waals surface area contributed by atoms with Gasteiger partial charge in [0, 0.05) is 20.1 Å². The molecule has 1 saturated carbocycles. The smallest absolute Gasteiger partial charge is 0.297 e. The lowest BCUT2D eigenvalue weighted by Crippen LogP contribution is -2.56. The number of Topliss-reactive ketones (excluding diaryl/α,β-unsaturated/α-hetero) is 1. The number of piperidine rings is 1. The zero-order valence-electron chi connectivity index (χ0n) is 16.9. The Morgan fingerprint density at radius 1 is 1.13 bits per heavy atom. The van der Waals surface area contributed by atoms with E-state index < -0.39 is 35.5 Å². The number of halogens is 2. The number of amides is 3. The first kappa shape index (κ1) is 20.2. The molecule has 7 nitrogen and oxygen atoms in total. The highest BCUT2D eigenvalue weighted by molar-refractivity contribution is 6.43. The average molecular weight is 446 g/mol. The fraction of sp³-hybridized carbons (Fsp3) is 0.455. The molecule has 2 saturated heterocycles. The van der Waals surface area contributed by atoms with Crippen molar-refractivity contribution in [2.24, 2.45) is 11.8 Å². The molecule has 0 N–H and O–H groups in total. The van der Waals surface area contributed by atoms with Gasteiger partial charge in [-0.25, -0.2) is 4.39 Å². The molecule has 31 heavy (non-hydrogen) atoms. The van der Waals surface area contributed by atoms with E-state index in [9.17, 15) is 23.6 Å². The lowest BCUT2D eigenvalue weighted by Gasteiger charge is -2.42. The maximum Gasteiger partial charge on any atom is 0.297 e. The highest BCUT2D eigenvalue weighted by Gasteiger charge is 2.57. The average Bonchev–Trinajstić information content (AvgIpc) is 2.95. The Morgan fingerprint density at radius 3 is 2.52 bits per heavy atom. The molecule has 1 aliphatic carbocycles. The summed E-state index contributed by atoms with van der Waals surface area (Å²) < 4.78 is 13.4. The largest absolute Gasteiger partial charge is 0.337 e. The van der Waals surface area contributed by atoms with Crippen molar-refractivity contribution in [3.8, 4) is 0 Å². The molecule has 1 aromatic carbocycles. The van der Waals surface area contributed by atoms with E-state index in [4.69, 9.17) is 11.6 Å². The maximum atomic E-state index is 13.4. The van der Waals surface area contributed by atoms with E-state index in [0.29, 0.717) is 24.1 Å². The van der Waals surface area contributed by atoms with Gasteiger partial charge < -0.3 is 9.80 Å². The molecule has 3 aliphatic heterocycles. The van der Waals surface area contributed by atoms with Crippen molar-refractivity contribution >= 4 is 35.1 Å². The zero-order chi connectivity index (χ0) is 22.0. The fourth-order valence-corrected chi connectivity index (χ4v) is 5.30. The minimum absolute atomic E-state index is 0.0500. The molecule has 1 aromatic rings. The van der Waals surface area contributed by atoms with Crippen LogP contribution < -0.4 is 0 Å².